The predicted octanol–water partition coefficient (Wildman–Crippen LogP) is 1.99. The van der Waals surface area contributed by atoms with Crippen LogP contribution in [0.1, 0.15) is 32.8 Å². The second-order valence-electron chi connectivity index (χ2n) is 5.03. The Morgan fingerprint density at radius 1 is 1.38 bits per heavy atom. The molecule has 0 aliphatic heterocycles. The molecule has 1 atom stereocenters. The Bertz CT molecular complexity index is 320. The molecule has 4 nitrogen and oxygen atoms in total. The number of hydrogen-bond acceptors (Lipinski definition) is 4. The van der Waals surface area contributed by atoms with Crippen molar-refractivity contribution in [2.75, 3.05) is 11.9 Å². The lowest BCUT2D eigenvalue weighted by Gasteiger charge is -2.25. The maximum absolute atomic E-state index is 10.1. The zero-order valence-corrected chi connectivity index (χ0v) is 10.5. The molecule has 1 unspecified atom stereocenters. The van der Waals surface area contributed by atoms with Crippen LogP contribution in [0.25, 0.3) is 0 Å². The van der Waals surface area contributed by atoms with Gasteiger partial charge < -0.3 is 10.4 Å². The van der Waals surface area contributed by atoms with E-state index in [-0.39, 0.29) is 0 Å². The molecular weight excluding hydrogens is 202 g/mol. The first kappa shape index (κ1) is 12.9. The third-order valence-electron chi connectivity index (χ3n) is 2.26. The van der Waals surface area contributed by atoms with E-state index in [4.69, 9.17) is 0 Å². The topological polar surface area (TPSA) is 58.0 Å². The van der Waals surface area contributed by atoms with Crippen LogP contribution in [0.4, 0.5) is 5.95 Å². The van der Waals surface area contributed by atoms with Gasteiger partial charge in [-0.15, -0.1) is 0 Å². The monoisotopic (exact) mass is 223 g/mol. The summed E-state index contributed by atoms with van der Waals surface area (Å²) in [5, 5.41) is 13.1. The lowest BCUT2D eigenvalue weighted by molar-refractivity contribution is 0.0514. The van der Waals surface area contributed by atoms with E-state index in [0.29, 0.717) is 18.4 Å². The summed E-state index contributed by atoms with van der Waals surface area (Å²) in [4.78, 5) is 8.25. The lowest BCUT2D eigenvalue weighted by atomic mass is 9.94. The standard InChI is InChI=1S/C12H21N3O/c1-9(2)5-12(4,16)8-15-11-13-6-10(3)7-14-11/h6-7,9,16H,5,8H2,1-4H3,(H,13,14,15). The lowest BCUT2D eigenvalue weighted by Crippen LogP contribution is -2.35. The van der Waals surface area contributed by atoms with Crippen molar-refractivity contribution in [2.45, 2.75) is 39.7 Å². The third kappa shape index (κ3) is 4.57. The molecule has 0 bridgehead atoms. The summed E-state index contributed by atoms with van der Waals surface area (Å²) < 4.78 is 0. The van der Waals surface area contributed by atoms with E-state index in [1.54, 1.807) is 12.4 Å². The fourth-order valence-corrected chi connectivity index (χ4v) is 1.71. The molecular formula is C12H21N3O. The van der Waals surface area contributed by atoms with E-state index in [1.165, 1.54) is 0 Å². The summed E-state index contributed by atoms with van der Waals surface area (Å²) in [6.45, 7) is 8.43. The van der Waals surface area contributed by atoms with Gasteiger partial charge in [0.25, 0.3) is 0 Å². The van der Waals surface area contributed by atoms with Gasteiger partial charge in [-0.3, -0.25) is 0 Å². The number of rotatable bonds is 5. The van der Waals surface area contributed by atoms with Crippen LogP contribution in [0, 0.1) is 12.8 Å². The minimum absolute atomic E-state index is 0.467. The average Bonchev–Trinajstić information content (AvgIpc) is 2.15. The normalized spacial score (nSPS) is 14.9. The van der Waals surface area contributed by atoms with E-state index >= 15 is 0 Å². The van der Waals surface area contributed by atoms with Crippen molar-refractivity contribution >= 4 is 5.95 Å². The van der Waals surface area contributed by atoms with Crippen LogP contribution in [0.3, 0.4) is 0 Å². The van der Waals surface area contributed by atoms with E-state index in [1.807, 2.05) is 13.8 Å². The summed E-state index contributed by atoms with van der Waals surface area (Å²) in [6, 6.07) is 0. The van der Waals surface area contributed by atoms with Crippen molar-refractivity contribution in [3.8, 4) is 0 Å². The summed E-state index contributed by atoms with van der Waals surface area (Å²) in [5.74, 6) is 1.03. The van der Waals surface area contributed by atoms with Crippen LogP contribution >= 0.6 is 0 Å². The van der Waals surface area contributed by atoms with Crippen LogP contribution < -0.4 is 5.32 Å². The predicted molar refractivity (Wildman–Crippen MR) is 65.3 cm³/mol. The molecule has 16 heavy (non-hydrogen) atoms. The van der Waals surface area contributed by atoms with Gasteiger partial charge >= 0.3 is 0 Å². The first-order chi connectivity index (χ1) is 7.39. The number of hydrogen-bond donors (Lipinski definition) is 2. The minimum atomic E-state index is -0.720. The Morgan fingerprint density at radius 2 is 1.94 bits per heavy atom. The molecule has 4 heteroatoms. The summed E-state index contributed by atoms with van der Waals surface area (Å²) in [5.41, 5.74) is 0.307. The minimum Gasteiger partial charge on any atom is -0.388 e. The molecule has 0 fully saturated rings. The summed E-state index contributed by atoms with van der Waals surface area (Å²) >= 11 is 0. The number of aromatic nitrogens is 2. The molecule has 0 aromatic carbocycles. The third-order valence-corrected chi connectivity index (χ3v) is 2.26. The van der Waals surface area contributed by atoms with Gasteiger partial charge in [0.15, 0.2) is 0 Å². The largest absolute Gasteiger partial charge is 0.388 e. The first-order valence-corrected chi connectivity index (χ1v) is 5.64. The van der Waals surface area contributed by atoms with Crippen molar-refractivity contribution in [2.24, 2.45) is 5.92 Å². The van der Waals surface area contributed by atoms with Gasteiger partial charge in [0.05, 0.1) is 5.60 Å². The smallest absolute Gasteiger partial charge is 0.222 e. The molecule has 1 aromatic rings. The Labute approximate surface area is 97.1 Å². The molecule has 0 aliphatic carbocycles. The van der Waals surface area contributed by atoms with Crippen molar-refractivity contribution in [3.05, 3.63) is 18.0 Å². The molecule has 0 radical (unpaired) electrons. The molecule has 0 spiro atoms. The molecule has 2 N–H and O–H groups in total. The van der Waals surface area contributed by atoms with Crippen LogP contribution in [-0.2, 0) is 0 Å². The van der Waals surface area contributed by atoms with E-state index in [2.05, 4.69) is 29.1 Å². The van der Waals surface area contributed by atoms with E-state index in [0.717, 1.165) is 12.0 Å². The SMILES string of the molecule is Cc1cnc(NCC(C)(O)CC(C)C)nc1. The number of aryl methyl sites for hydroxylation is 1. The van der Waals surface area contributed by atoms with E-state index < -0.39 is 5.60 Å². The maximum atomic E-state index is 10.1. The fourth-order valence-electron chi connectivity index (χ4n) is 1.71. The fraction of sp³-hybridized carbons (Fsp3) is 0.667. The molecule has 0 amide bonds. The highest BCUT2D eigenvalue weighted by Gasteiger charge is 2.21. The number of aliphatic hydroxyl groups is 1. The average molecular weight is 223 g/mol. The molecule has 1 heterocycles. The Hall–Kier alpha value is -1.16. The van der Waals surface area contributed by atoms with Gasteiger partial charge in [0.1, 0.15) is 0 Å². The second kappa shape index (κ2) is 5.25. The number of anilines is 1. The van der Waals surface area contributed by atoms with E-state index in [9.17, 15) is 5.11 Å². The first-order valence-electron chi connectivity index (χ1n) is 5.64. The van der Waals surface area contributed by atoms with Crippen LogP contribution in [0.2, 0.25) is 0 Å². The quantitative estimate of drug-likeness (QED) is 0.801. The van der Waals surface area contributed by atoms with Crippen molar-refractivity contribution < 1.29 is 5.11 Å². The highest BCUT2D eigenvalue weighted by molar-refractivity contribution is 5.24. The maximum Gasteiger partial charge on any atom is 0.222 e. The van der Waals surface area contributed by atoms with Gasteiger partial charge in [0, 0.05) is 18.9 Å². The Balaban J connectivity index is 2.47. The highest BCUT2D eigenvalue weighted by Crippen LogP contribution is 2.16. The summed E-state index contributed by atoms with van der Waals surface area (Å²) in [7, 11) is 0. The molecule has 0 saturated carbocycles. The molecule has 90 valence electrons. The van der Waals surface area contributed by atoms with Gasteiger partial charge in [-0.05, 0) is 31.7 Å². The number of nitrogens with zero attached hydrogens (tertiary/aromatic N) is 2. The van der Waals surface area contributed by atoms with Crippen LogP contribution in [0.5, 0.6) is 0 Å². The van der Waals surface area contributed by atoms with Gasteiger partial charge in [-0.25, -0.2) is 9.97 Å². The van der Waals surface area contributed by atoms with Gasteiger partial charge in [-0.1, -0.05) is 13.8 Å². The molecule has 1 aromatic heterocycles. The molecule has 1 rings (SSSR count). The zero-order valence-electron chi connectivity index (χ0n) is 10.5. The highest BCUT2D eigenvalue weighted by atomic mass is 16.3. The second-order valence-corrected chi connectivity index (χ2v) is 5.03. The van der Waals surface area contributed by atoms with Crippen molar-refractivity contribution in [1.29, 1.82) is 0 Å². The van der Waals surface area contributed by atoms with Gasteiger partial charge in [0.2, 0.25) is 5.95 Å². The zero-order chi connectivity index (χ0) is 12.2. The summed E-state index contributed by atoms with van der Waals surface area (Å²) in [6.07, 6.45) is 4.27. The Kier molecular flexibility index (Phi) is 4.24. The van der Waals surface area contributed by atoms with Gasteiger partial charge in [-0.2, -0.15) is 0 Å². The van der Waals surface area contributed by atoms with Crippen molar-refractivity contribution in [3.63, 3.8) is 0 Å². The van der Waals surface area contributed by atoms with Crippen LogP contribution in [-0.4, -0.2) is 27.2 Å². The van der Waals surface area contributed by atoms with Crippen LogP contribution in [0.15, 0.2) is 12.4 Å². The number of nitrogens with one attached hydrogen (secondary N) is 1. The molecule has 0 saturated heterocycles. The van der Waals surface area contributed by atoms with Crippen molar-refractivity contribution in [1.82, 2.24) is 9.97 Å². The molecule has 0 aliphatic rings. The Morgan fingerprint density at radius 3 is 2.44 bits per heavy atom.